The van der Waals surface area contributed by atoms with Crippen LogP contribution in [0, 0.1) is 0 Å². The highest BCUT2D eigenvalue weighted by Gasteiger charge is 2.05. The summed E-state index contributed by atoms with van der Waals surface area (Å²) in [6, 6.07) is 18.8. The molecule has 0 spiro atoms. The molecule has 2 nitrogen and oxygen atoms in total. The summed E-state index contributed by atoms with van der Waals surface area (Å²) in [5, 5.41) is 0.615. The summed E-state index contributed by atoms with van der Waals surface area (Å²) in [5.41, 5.74) is 2.62. The molecule has 0 aliphatic rings. The largest absolute Gasteiger partial charge is 0.456 e. The van der Waals surface area contributed by atoms with Gasteiger partial charge in [-0.05, 0) is 36.3 Å². The van der Waals surface area contributed by atoms with Crippen molar-refractivity contribution in [1.29, 1.82) is 0 Å². The van der Waals surface area contributed by atoms with Crippen LogP contribution in [0.15, 0.2) is 69.9 Å². The van der Waals surface area contributed by atoms with Gasteiger partial charge in [-0.25, -0.2) is 0 Å². The van der Waals surface area contributed by atoms with E-state index in [4.69, 9.17) is 4.42 Å². The van der Waals surface area contributed by atoms with Crippen molar-refractivity contribution in [3.63, 3.8) is 0 Å². The molecule has 0 atom stereocenters. The molecule has 2 heteroatoms. The maximum atomic E-state index is 12.1. The number of hydrogen-bond acceptors (Lipinski definition) is 2. The van der Waals surface area contributed by atoms with Gasteiger partial charge in [0, 0.05) is 6.07 Å². The Balaban J connectivity index is 2.11. The predicted octanol–water partition coefficient (Wildman–Crippen LogP) is 4.35. The van der Waals surface area contributed by atoms with E-state index in [1.54, 1.807) is 12.1 Å². The molecule has 0 saturated carbocycles. The molecular formula is C18H14O2. The van der Waals surface area contributed by atoms with Crippen molar-refractivity contribution in [2.24, 2.45) is 0 Å². The fourth-order valence-electron chi connectivity index (χ4n) is 2.17. The van der Waals surface area contributed by atoms with E-state index in [-0.39, 0.29) is 5.43 Å². The molecule has 0 amide bonds. The minimum absolute atomic E-state index is 0.0114. The van der Waals surface area contributed by atoms with Gasteiger partial charge in [0.05, 0.1) is 5.39 Å². The zero-order valence-corrected chi connectivity index (χ0v) is 11.2. The highest BCUT2D eigenvalue weighted by atomic mass is 16.3. The first-order valence-electron chi connectivity index (χ1n) is 6.51. The first-order valence-corrected chi connectivity index (χ1v) is 6.51. The number of fused-ring (bicyclic) bond motifs is 1. The second-order valence-electron chi connectivity index (χ2n) is 4.71. The maximum absolute atomic E-state index is 12.1. The van der Waals surface area contributed by atoms with E-state index < -0.39 is 0 Å². The Labute approximate surface area is 117 Å². The SMILES string of the molecule is C/C(=C/c1ccccc1)c1cc(=O)c2ccccc2o1. The van der Waals surface area contributed by atoms with Gasteiger partial charge < -0.3 is 4.42 Å². The van der Waals surface area contributed by atoms with Gasteiger partial charge in [-0.1, -0.05) is 42.5 Å². The Bertz CT molecular complexity index is 827. The molecule has 3 aromatic rings. The fourth-order valence-corrected chi connectivity index (χ4v) is 2.17. The molecule has 20 heavy (non-hydrogen) atoms. The molecule has 98 valence electrons. The van der Waals surface area contributed by atoms with Crippen molar-refractivity contribution >= 4 is 22.6 Å². The van der Waals surface area contributed by atoms with Gasteiger partial charge in [-0.15, -0.1) is 0 Å². The van der Waals surface area contributed by atoms with Crippen molar-refractivity contribution in [2.75, 3.05) is 0 Å². The Morgan fingerprint density at radius 1 is 1.00 bits per heavy atom. The highest BCUT2D eigenvalue weighted by molar-refractivity contribution is 5.82. The third-order valence-electron chi connectivity index (χ3n) is 3.21. The molecule has 0 fully saturated rings. The van der Waals surface area contributed by atoms with Crippen LogP contribution in [-0.2, 0) is 0 Å². The van der Waals surface area contributed by atoms with Gasteiger partial charge in [0.25, 0.3) is 0 Å². The van der Waals surface area contributed by atoms with Gasteiger partial charge >= 0.3 is 0 Å². The molecule has 1 aromatic heterocycles. The first kappa shape index (κ1) is 12.4. The summed E-state index contributed by atoms with van der Waals surface area (Å²) >= 11 is 0. The summed E-state index contributed by atoms with van der Waals surface area (Å²) in [6.07, 6.45) is 2.01. The van der Waals surface area contributed by atoms with Gasteiger partial charge in [0.15, 0.2) is 5.43 Å². The number of benzene rings is 2. The molecule has 3 rings (SSSR count). The Morgan fingerprint density at radius 3 is 2.50 bits per heavy atom. The van der Waals surface area contributed by atoms with Crippen molar-refractivity contribution in [2.45, 2.75) is 6.92 Å². The lowest BCUT2D eigenvalue weighted by molar-refractivity contribution is 0.586. The number of allylic oxidation sites excluding steroid dienone is 1. The molecule has 0 radical (unpaired) electrons. The molecular weight excluding hydrogens is 248 g/mol. The quantitative estimate of drug-likeness (QED) is 0.687. The van der Waals surface area contributed by atoms with Crippen LogP contribution in [0.3, 0.4) is 0 Å². The van der Waals surface area contributed by atoms with Crippen LogP contribution < -0.4 is 5.43 Å². The fraction of sp³-hybridized carbons (Fsp3) is 0.0556. The standard InChI is InChI=1S/C18H14O2/c1-13(11-14-7-3-2-4-8-14)18-12-16(19)15-9-5-6-10-17(15)20-18/h2-12H,1H3/b13-11-. The highest BCUT2D eigenvalue weighted by Crippen LogP contribution is 2.20. The van der Waals surface area contributed by atoms with E-state index >= 15 is 0 Å². The third kappa shape index (κ3) is 2.41. The zero-order valence-electron chi connectivity index (χ0n) is 11.2. The van der Waals surface area contributed by atoms with Gasteiger partial charge in [-0.3, -0.25) is 4.79 Å². The van der Waals surface area contributed by atoms with Crippen LogP contribution in [0.4, 0.5) is 0 Å². The summed E-state index contributed by atoms with van der Waals surface area (Å²) < 4.78 is 5.81. The topological polar surface area (TPSA) is 30.2 Å². The second-order valence-corrected chi connectivity index (χ2v) is 4.71. The normalized spacial score (nSPS) is 11.8. The van der Waals surface area contributed by atoms with Gasteiger partial charge in [0.1, 0.15) is 11.3 Å². The van der Waals surface area contributed by atoms with Crippen LogP contribution in [0.2, 0.25) is 0 Å². The lowest BCUT2D eigenvalue weighted by atomic mass is 10.1. The van der Waals surface area contributed by atoms with E-state index in [2.05, 4.69) is 0 Å². The average Bonchev–Trinajstić information content (AvgIpc) is 2.48. The molecule has 0 unspecified atom stereocenters. The van der Waals surface area contributed by atoms with Crippen molar-refractivity contribution < 1.29 is 4.42 Å². The molecule has 0 N–H and O–H groups in total. The summed E-state index contributed by atoms with van der Waals surface area (Å²) in [6.45, 7) is 1.94. The third-order valence-corrected chi connectivity index (χ3v) is 3.21. The van der Waals surface area contributed by atoms with E-state index in [0.29, 0.717) is 16.7 Å². The van der Waals surface area contributed by atoms with E-state index in [0.717, 1.165) is 11.1 Å². The van der Waals surface area contributed by atoms with Crippen LogP contribution in [0.1, 0.15) is 18.2 Å². The smallest absolute Gasteiger partial charge is 0.193 e. The van der Waals surface area contributed by atoms with Crippen molar-refractivity contribution in [1.82, 2.24) is 0 Å². The van der Waals surface area contributed by atoms with E-state index in [1.807, 2.05) is 61.5 Å². The van der Waals surface area contributed by atoms with Crippen LogP contribution >= 0.6 is 0 Å². The summed E-state index contributed by atoms with van der Waals surface area (Å²) in [5.74, 6) is 0.609. The molecule has 0 aliphatic carbocycles. The number of rotatable bonds is 2. The van der Waals surface area contributed by atoms with Gasteiger partial charge in [-0.2, -0.15) is 0 Å². The molecule has 0 bridgehead atoms. The number of para-hydroxylation sites is 1. The van der Waals surface area contributed by atoms with Gasteiger partial charge in [0.2, 0.25) is 0 Å². The van der Waals surface area contributed by atoms with Crippen LogP contribution in [0.25, 0.3) is 22.6 Å². The molecule has 1 heterocycles. The minimum atomic E-state index is -0.0114. The van der Waals surface area contributed by atoms with Crippen LogP contribution in [0.5, 0.6) is 0 Å². The van der Waals surface area contributed by atoms with Crippen LogP contribution in [-0.4, -0.2) is 0 Å². The Morgan fingerprint density at radius 2 is 1.70 bits per heavy atom. The average molecular weight is 262 g/mol. The van der Waals surface area contributed by atoms with E-state index in [1.165, 1.54) is 0 Å². The number of hydrogen-bond donors (Lipinski definition) is 0. The lowest BCUT2D eigenvalue weighted by Gasteiger charge is -2.03. The predicted molar refractivity (Wildman–Crippen MR) is 82.5 cm³/mol. The molecule has 0 saturated heterocycles. The minimum Gasteiger partial charge on any atom is -0.456 e. The van der Waals surface area contributed by atoms with Crippen molar-refractivity contribution in [3.8, 4) is 0 Å². The Hall–Kier alpha value is -2.61. The zero-order chi connectivity index (χ0) is 13.9. The monoisotopic (exact) mass is 262 g/mol. The summed E-state index contributed by atoms with van der Waals surface area (Å²) in [7, 11) is 0. The summed E-state index contributed by atoms with van der Waals surface area (Å²) in [4.78, 5) is 12.1. The molecule has 2 aromatic carbocycles. The first-order chi connectivity index (χ1) is 9.74. The molecule has 0 aliphatic heterocycles. The van der Waals surface area contributed by atoms with E-state index in [9.17, 15) is 4.79 Å². The second kappa shape index (κ2) is 5.17. The lowest BCUT2D eigenvalue weighted by Crippen LogP contribution is -2.00. The maximum Gasteiger partial charge on any atom is 0.193 e. The van der Waals surface area contributed by atoms with Crippen molar-refractivity contribution in [3.05, 3.63) is 82.2 Å². The Kier molecular flexibility index (Phi) is 3.21.